The third-order valence-corrected chi connectivity index (χ3v) is 4.76. The summed E-state index contributed by atoms with van der Waals surface area (Å²) in [5.74, 6) is -0.260. The van der Waals surface area contributed by atoms with Crippen LogP contribution in [0.3, 0.4) is 0 Å². The third-order valence-electron chi connectivity index (χ3n) is 4.41. The number of hydrogen-bond donors (Lipinski definition) is 1. The first kappa shape index (κ1) is 14.4. The van der Waals surface area contributed by atoms with Crippen LogP contribution in [0.25, 0.3) is 10.9 Å². The smallest absolute Gasteiger partial charge is 0.325 e. The van der Waals surface area contributed by atoms with Crippen LogP contribution in [0.5, 0.6) is 0 Å². The van der Waals surface area contributed by atoms with E-state index in [2.05, 4.69) is 10.3 Å². The minimum absolute atomic E-state index is 0.0968. The molecule has 2 saturated heterocycles. The maximum absolute atomic E-state index is 12.7. The summed E-state index contributed by atoms with van der Waals surface area (Å²) in [4.78, 5) is 30.5. The first-order valence-electron chi connectivity index (χ1n) is 7.35. The highest BCUT2D eigenvalue weighted by atomic mass is 35.5. The summed E-state index contributed by atoms with van der Waals surface area (Å²) in [6.07, 6.45) is 2.16. The number of fused-ring (bicyclic) bond motifs is 1. The average molecular weight is 332 g/mol. The Balaban J connectivity index is 1.72. The number of carbonyl (C=O) groups is 2. The topological polar surface area (TPSA) is 71.5 Å². The second-order valence-corrected chi connectivity index (χ2v) is 6.21. The number of carbonyl (C=O) groups excluding carboxylic acids is 2. The first-order valence-corrected chi connectivity index (χ1v) is 7.72. The molecule has 118 valence electrons. The van der Waals surface area contributed by atoms with E-state index in [0.717, 1.165) is 5.39 Å². The van der Waals surface area contributed by atoms with E-state index in [1.54, 1.807) is 12.3 Å². The lowest BCUT2D eigenvalue weighted by atomic mass is 9.99. The molecule has 1 atom stereocenters. The van der Waals surface area contributed by atoms with Crippen LogP contribution in [-0.2, 0) is 16.1 Å². The highest BCUT2D eigenvalue weighted by Gasteiger charge is 2.53. The Labute approximate surface area is 137 Å². The Bertz CT molecular complexity index is 817. The van der Waals surface area contributed by atoms with Gasteiger partial charge in [0.15, 0.2) is 0 Å². The van der Waals surface area contributed by atoms with Crippen LogP contribution in [0.2, 0.25) is 5.02 Å². The normalized spacial score (nSPS) is 24.0. The van der Waals surface area contributed by atoms with E-state index in [1.165, 1.54) is 4.90 Å². The van der Waals surface area contributed by atoms with Crippen molar-refractivity contribution in [3.63, 3.8) is 0 Å². The number of nitrogens with zero attached hydrogens (tertiary/aromatic N) is 2. The highest BCUT2D eigenvalue weighted by molar-refractivity contribution is 6.32. The number of ether oxygens (including phenoxy) is 1. The van der Waals surface area contributed by atoms with Gasteiger partial charge in [0, 0.05) is 35.2 Å². The fourth-order valence-electron chi connectivity index (χ4n) is 3.14. The van der Waals surface area contributed by atoms with Gasteiger partial charge in [0.25, 0.3) is 5.91 Å². The van der Waals surface area contributed by atoms with Gasteiger partial charge in [-0.25, -0.2) is 4.79 Å². The predicted molar refractivity (Wildman–Crippen MR) is 84.0 cm³/mol. The lowest BCUT2D eigenvalue weighted by Crippen LogP contribution is -2.47. The molecule has 1 spiro atoms. The summed E-state index contributed by atoms with van der Waals surface area (Å²) in [6, 6.07) is 6.96. The van der Waals surface area contributed by atoms with Crippen molar-refractivity contribution >= 4 is 34.4 Å². The van der Waals surface area contributed by atoms with Crippen molar-refractivity contribution in [3.8, 4) is 0 Å². The average Bonchev–Trinajstić information content (AvgIpc) is 3.11. The van der Waals surface area contributed by atoms with Crippen molar-refractivity contribution in [3.05, 3.63) is 41.0 Å². The van der Waals surface area contributed by atoms with Crippen LogP contribution in [-0.4, -0.2) is 40.6 Å². The van der Waals surface area contributed by atoms with Gasteiger partial charge in [-0.1, -0.05) is 23.7 Å². The molecule has 0 bridgehead atoms. The van der Waals surface area contributed by atoms with Crippen molar-refractivity contribution in [1.29, 1.82) is 0 Å². The lowest BCUT2D eigenvalue weighted by molar-refractivity contribution is -0.131. The van der Waals surface area contributed by atoms with Crippen LogP contribution in [0, 0.1) is 0 Å². The van der Waals surface area contributed by atoms with Gasteiger partial charge in [-0.2, -0.15) is 0 Å². The van der Waals surface area contributed by atoms with E-state index in [4.69, 9.17) is 16.3 Å². The second-order valence-electron chi connectivity index (χ2n) is 5.81. The Hall–Kier alpha value is -2.18. The van der Waals surface area contributed by atoms with Crippen LogP contribution in [0.4, 0.5) is 4.79 Å². The molecule has 4 rings (SSSR count). The molecule has 1 aromatic heterocycles. The van der Waals surface area contributed by atoms with Crippen LogP contribution in [0.1, 0.15) is 12.0 Å². The molecular weight excluding hydrogens is 318 g/mol. The Morgan fingerprint density at radius 1 is 1.35 bits per heavy atom. The van der Waals surface area contributed by atoms with Gasteiger partial charge in [0.1, 0.15) is 5.54 Å². The minimum Gasteiger partial charge on any atom is -0.378 e. The number of amides is 3. The van der Waals surface area contributed by atoms with E-state index in [1.807, 2.05) is 18.2 Å². The monoisotopic (exact) mass is 331 g/mol. The number of imide groups is 1. The van der Waals surface area contributed by atoms with E-state index in [-0.39, 0.29) is 19.1 Å². The maximum Gasteiger partial charge on any atom is 0.325 e. The van der Waals surface area contributed by atoms with Crippen LogP contribution in [0.15, 0.2) is 30.5 Å². The van der Waals surface area contributed by atoms with Crippen molar-refractivity contribution < 1.29 is 14.3 Å². The Morgan fingerprint density at radius 2 is 2.22 bits per heavy atom. The Kier molecular flexibility index (Phi) is 3.25. The number of nitrogens with one attached hydrogen (secondary N) is 1. The molecule has 3 heterocycles. The predicted octanol–water partition coefficient (Wildman–Crippen LogP) is 2.10. The molecule has 1 N–H and O–H groups in total. The molecule has 0 aliphatic carbocycles. The van der Waals surface area contributed by atoms with E-state index < -0.39 is 11.6 Å². The third kappa shape index (κ3) is 2.17. The van der Waals surface area contributed by atoms with Crippen LogP contribution >= 0.6 is 11.6 Å². The molecule has 0 radical (unpaired) electrons. The number of benzene rings is 1. The Morgan fingerprint density at radius 3 is 3.00 bits per heavy atom. The van der Waals surface area contributed by atoms with Crippen molar-refractivity contribution in [2.75, 3.05) is 13.2 Å². The molecule has 0 saturated carbocycles. The van der Waals surface area contributed by atoms with Crippen LogP contribution < -0.4 is 5.32 Å². The maximum atomic E-state index is 12.7. The highest BCUT2D eigenvalue weighted by Crippen LogP contribution is 2.31. The molecule has 7 heteroatoms. The second kappa shape index (κ2) is 5.18. The number of urea groups is 1. The van der Waals surface area contributed by atoms with E-state index in [0.29, 0.717) is 29.1 Å². The number of aromatic nitrogens is 1. The van der Waals surface area contributed by atoms with E-state index >= 15 is 0 Å². The van der Waals surface area contributed by atoms with Gasteiger partial charge in [-0.3, -0.25) is 14.7 Å². The SMILES string of the molecule is O=C1NC2(CCOC2)C(=O)N1Cc1c(Cl)ccc2cccnc12. The summed E-state index contributed by atoms with van der Waals surface area (Å²) in [5, 5.41) is 4.17. The number of hydrogen-bond acceptors (Lipinski definition) is 4. The minimum atomic E-state index is -0.915. The molecule has 3 amide bonds. The van der Waals surface area contributed by atoms with Gasteiger partial charge >= 0.3 is 6.03 Å². The van der Waals surface area contributed by atoms with Gasteiger partial charge < -0.3 is 10.1 Å². The number of pyridine rings is 1. The summed E-state index contributed by atoms with van der Waals surface area (Å²) >= 11 is 6.29. The van der Waals surface area contributed by atoms with Gasteiger partial charge in [0.05, 0.1) is 18.7 Å². The van der Waals surface area contributed by atoms with Gasteiger partial charge in [0.2, 0.25) is 0 Å². The standard InChI is InChI=1S/C16H14ClN3O3/c17-12-4-3-10-2-1-6-18-13(10)11(12)8-20-14(21)16(19-15(20)22)5-7-23-9-16/h1-4,6H,5,7-9H2,(H,19,22). The summed E-state index contributed by atoms with van der Waals surface area (Å²) in [7, 11) is 0. The lowest BCUT2D eigenvalue weighted by Gasteiger charge is -2.19. The molecule has 2 fully saturated rings. The summed E-state index contributed by atoms with van der Waals surface area (Å²) in [5.41, 5.74) is 0.454. The fraction of sp³-hybridized carbons (Fsp3) is 0.312. The molecule has 1 aromatic carbocycles. The fourth-order valence-corrected chi connectivity index (χ4v) is 3.35. The quantitative estimate of drug-likeness (QED) is 0.855. The van der Waals surface area contributed by atoms with Crippen molar-refractivity contribution in [1.82, 2.24) is 15.2 Å². The molecule has 6 nitrogen and oxygen atoms in total. The largest absolute Gasteiger partial charge is 0.378 e. The molecule has 2 aromatic rings. The zero-order valence-electron chi connectivity index (χ0n) is 12.2. The van der Waals surface area contributed by atoms with Crippen molar-refractivity contribution in [2.45, 2.75) is 18.5 Å². The molecule has 2 aliphatic heterocycles. The zero-order chi connectivity index (χ0) is 16.0. The number of halogens is 1. The summed E-state index contributed by atoms with van der Waals surface area (Å²) < 4.78 is 5.29. The van der Waals surface area contributed by atoms with E-state index in [9.17, 15) is 9.59 Å². The van der Waals surface area contributed by atoms with Gasteiger partial charge in [-0.15, -0.1) is 0 Å². The first-order chi connectivity index (χ1) is 11.1. The zero-order valence-corrected chi connectivity index (χ0v) is 13.0. The molecule has 23 heavy (non-hydrogen) atoms. The molecule has 1 unspecified atom stereocenters. The van der Waals surface area contributed by atoms with Gasteiger partial charge in [-0.05, 0) is 12.1 Å². The molecule has 2 aliphatic rings. The van der Waals surface area contributed by atoms with Crippen molar-refractivity contribution in [2.24, 2.45) is 0 Å². The molecular formula is C16H14ClN3O3. The summed E-state index contributed by atoms with van der Waals surface area (Å²) in [6.45, 7) is 0.783. The number of rotatable bonds is 2.